The molecule has 2 aliphatic heterocycles. The molecular weight excluding hydrogens is 242 g/mol. The summed E-state index contributed by atoms with van der Waals surface area (Å²) in [5.74, 6) is -0.704. The van der Waals surface area contributed by atoms with Crippen LogP contribution < -0.4 is 0 Å². The molecule has 2 heterocycles. The van der Waals surface area contributed by atoms with Crippen LogP contribution in [0.2, 0.25) is 0 Å². The van der Waals surface area contributed by atoms with Gasteiger partial charge in [0.05, 0.1) is 0 Å². The SMILES string of the molecule is CC(C(=O)O)N1CCN(C2CCCN(C)CC2)CC1. The number of carbonyl (C=O) groups is 1. The largest absolute Gasteiger partial charge is 0.480 e. The van der Waals surface area contributed by atoms with Crippen LogP contribution in [0.25, 0.3) is 0 Å². The highest BCUT2D eigenvalue weighted by molar-refractivity contribution is 5.72. The fourth-order valence-electron chi connectivity index (χ4n) is 3.23. The van der Waals surface area contributed by atoms with Gasteiger partial charge in [-0.2, -0.15) is 0 Å². The maximum Gasteiger partial charge on any atom is 0.320 e. The Bertz CT molecular complexity index is 303. The molecule has 0 bridgehead atoms. The second-order valence-electron chi connectivity index (χ2n) is 5.97. The molecule has 0 amide bonds. The lowest BCUT2D eigenvalue weighted by molar-refractivity contribution is -0.143. The van der Waals surface area contributed by atoms with Crippen LogP contribution in [0.4, 0.5) is 0 Å². The fraction of sp³-hybridized carbons (Fsp3) is 0.929. The first-order valence-corrected chi connectivity index (χ1v) is 7.47. The minimum absolute atomic E-state index is 0.345. The minimum Gasteiger partial charge on any atom is -0.480 e. The Kier molecular flexibility index (Phi) is 5.19. The Morgan fingerprint density at radius 3 is 2.42 bits per heavy atom. The molecule has 0 aliphatic carbocycles. The van der Waals surface area contributed by atoms with E-state index in [-0.39, 0.29) is 6.04 Å². The number of hydrogen-bond donors (Lipinski definition) is 1. The second kappa shape index (κ2) is 6.68. The van der Waals surface area contributed by atoms with Crippen molar-refractivity contribution in [2.24, 2.45) is 0 Å². The summed E-state index contributed by atoms with van der Waals surface area (Å²) >= 11 is 0. The Hall–Kier alpha value is -0.650. The summed E-state index contributed by atoms with van der Waals surface area (Å²) in [6, 6.07) is 0.356. The van der Waals surface area contributed by atoms with Crippen LogP contribution in [-0.2, 0) is 4.79 Å². The first-order valence-electron chi connectivity index (χ1n) is 7.47. The number of nitrogens with zero attached hydrogens (tertiary/aromatic N) is 3. The molecule has 0 aromatic rings. The molecule has 1 N–H and O–H groups in total. The summed E-state index contributed by atoms with van der Waals surface area (Å²) in [6.45, 7) is 8.01. The molecule has 19 heavy (non-hydrogen) atoms. The summed E-state index contributed by atoms with van der Waals surface area (Å²) < 4.78 is 0. The van der Waals surface area contributed by atoms with Crippen LogP contribution in [0, 0.1) is 0 Å². The van der Waals surface area contributed by atoms with Gasteiger partial charge in [-0.3, -0.25) is 14.6 Å². The van der Waals surface area contributed by atoms with Crippen molar-refractivity contribution in [3.8, 4) is 0 Å². The standard InChI is InChI=1S/C14H27N3O2/c1-12(14(18)19)16-8-10-17(11-9-16)13-4-3-6-15(2)7-5-13/h12-13H,3-11H2,1-2H3,(H,18,19). The average molecular weight is 269 g/mol. The van der Waals surface area contributed by atoms with Crippen molar-refractivity contribution < 1.29 is 9.90 Å². The van der Waals surface area contributed by atoms with Crippen LogP contribution in [0.1, 0.15) is 26.2 Å². The van der Waals surface area contributed by atoms with Gasteiger partial charge in [0.2, 0.25) is 0 Å². The Labute approximate surface area is 116 Å². The van der Waals surface area contributed by atoms with Gasteiger partial charge < -0.3 is 10.0 Å². The highest BCUT2D eigenvalue weighted by Gasteiger charge is 2.28. The molecule has 2 aliphatic rings. The van der Waals surface area contributed by atoms with Gasteiger partial charge >= 0.3 is 5.97 Å². The van der Waals surface area contributed by atoms with E-state index in [2.05, 4.69) is 21.7 Å². The van der Waals surface area contributed by atoms with Crippen molar-refractivity contribution in [2.45, 2.75) is 38.3 Å². The van der Waals surface area contributed by atoms with Crippen molar-refractivity contribution in [3.05, 3.63) is 0 Å². The van der Waals surface area contributed by atoms with Crippen molar-refractivity contribution in [1.82, 2.24) is 14.7 Å². The third-order valence-corrected chi connectivity index (χ3v) is 4.69. The summed E-state index contributed by atoms with van der Waals surface area (Å²) in [5, 5.41) is 9.05. The number of aliphatic carboxylic acids is 1. The second-order valence-corrected chi connectivity index (χ2v) is 5.97. The molecule has 0 aromatic carbocycles. The summed E-state index contributed by atoms with van der Waals surface area (Å²) in [7, 11) is 2.20. The summed E-state index contributed by atoms with van der Waals surface area (Å²) in [6.07, 6.45) is 3.83. The summed E-state index contributed by atoms with van der Waals surface area (Å²) in [4.78, 5) is 18.1. The van der Waals surface area contributed by atoms with E-state index in [1.54, 1.807) is 6.92 Å². The lowest BCUT2D eigenvalue weighted by Gasteiger charge is -2.40. The fourth-order valence-corrected chi connectivity index (χ4v) is 3.23. The summed E-state index contributed by atoms with van der Waals surface area (Å²) in [5.41, 5.74) is 0. The quantitative estimate of drug-likeness (QED) is 0.811. The number of piperazine rings is 1. The normalized spacial score (nSPS) is 29.9. The van der Waals surface area contributed by atoms with Crippen LogP contribution in [0.5, 0.6) is 0 Å². The number of rotatable bonds is 3. The third kappa shape index (κ3) is 3.91. The van der Waals surface area contributed by atoms with Crippen molar-refractivity contribution in [2.75, 3.05) is 46.3 Å². The predicted octanol–water partition coefficient (Wildman–Crippen LogP) is 0.561. The van der Waals surface area contributed by atoms with E-state index < -0.39 is 5.97 Å². The van der Waals surface area contributed by atoms with Gasteiger partial charge in [-0.15, -0.1) is 0 Å². The van der Waals surface area contributed by atoms with Crippen LogP contribution in [-0.4, -0.2) is 84.2 Å². The average Bonchev–Trinajstić information content (AvgIpc) is 2.63. The lowest BCUT2D eigenvalue weighted by Crippen LogP contribution is -2.54. The molecule has 2 atom stereocenters. The van der Waals surface area contributed by atoms with Crippen LogP contribution >= 0.6 is 0 Å². The van der Waals surface area contributed by atoms with Gasteiger partial charge in [-0.05, 0) is 46.3 Å². The molecule has 5 heteroatoms. The van der Waals surface area contributed by atoms with Crippen molar-refractivity contribution in [1.29, 1.82) is 0 Å². The van der Waals surface area contributed by atoms with E-state index in [0.29, 0.717) is 6.04 Å². The van der Waals surface area contributed by atoms with Gasteiger partial charge in [-0.1, -0.05) is 0 Å². The number of likely N-dealkylation sites (tertiary alicyclic amines) is 1. The first kappa shape index (κ1) is 14.8. The van der Waals surface area contributed by atoms with E-state index >= 15 is 0 Å². The van der Waals surface area contributed by atoms with E-state index in [1.165, 1.54) is 32.4 Å². The molecule has 0 aromatic heterocycles. The molecule has 2 unspecified atom stereocenters. The third-order valence-electron chi connectivity index (χ3n) is 4.69. The number of hydrogen-bond acceptors (Lipinski definition) is 4. The van der Waals surface area contributed by atoms with E-state index in [0.717, 1.165) is 26.2 Å². The monoisotopic (exact) mass is 269 g/mol. The molecule has 2 saturated heterocycles. The first-order chi connectivity index (χ1) is 9.08. The highest BCUT2D eigenvalue weighted by Crippen LogP contribution is 2.18. The highest BCUT2D eigenvalue weighted by atomic mass is 16.4. The molecule has 0 spiro atoms. The Morgan fingerprint density at radius 1 is 1.11 bits per heavy atom. The molecule has 2 rings (SSSR count). The Balaban J connectivity index is 1.81. The maximum atomic E-state index is 11.0. The molecule has 110 valence electrons. The van der Waals surface area contributed by atoms with E-state index in [4.69, 9.17) is 5.11 Å². The maximum absolute atomic E-state index is 11.0. The molecular formula is C14H27N3O2. The number of carboxylic acids is 1. The van der Waals surface area contributed by atoms with Crippen LogP contribution in [0.15, 0.2) is 0 Å². The van der Waals surface area contributed by atoms with Crippen molar-refractivity contribution >= 4 is 5.97 Å². The van der Waals surface area contributed by atoms with Gasteiger partial charge in [-0.25, -0.2) is 0 Å². The predicted molar refractivity (Wildman–Crippen MR) is 75.4 cm³/mol. The number of carboxylic acid groups (broad SMARTS) is 1. The molecule has 0 saturated carbocycles. The molecule has 5 nitrogen and oxygen atoms in total. The zero-order valence-corrected chi connectivity index (χ0v) is 12.2. The zero-order chi connectivity index (χ0) is 13.8. The molecule has 2 fully saturated rings. The zero-order valence-electron chi connectivity index (χ0n) is 12.2. The van der Waals surface area contributed by atoms with Gasteiger partial charge in [0.15, 0.2) is 0 Å². The topological polar surface area (TPSA) is 47.0 Å². The van der Waals surface area contributed by atoms with Gasteiger partial charge in [0, 0.05) is 32.2 Å². The van der Waals surface area contributed by atoms with Crippen molar-refractivity contribution in [3.63, 3.8) is 0 Å². The lowest BCUT2D eigenvalue weighted by atomic mass is 10.1. The van der Waals surface area contributed by atoms with E-state index in [9.17, 15) is 4.79 Å². The minimum atomic E-state index is -0.704. The van der Waals surface area contributed by atoms with Gasteiger partial charge in [0.25, 0.3) is 0 Å². The van der Waals surface area contributed by atoms with Gasteiger partial charge in [0.1, 0.15) is 6.04 Å². The smallest absolute Gasteiger partial charge is 0.320 e. The molecule has 0 radical (unpaired) electrons. The Morgan fingerprint density at radius 2 is 1.79 bits per heavy atom. The van der Waals surface area contributed by atoms with E-state index in [1.807, 2.05) is 0 Å². The van der Waals surface area contributed by atoms with Crippen LogP contribution in [0.3, 0.4) is 0 Å².